The van der Waals surface area contributed by atoms with Gasteiger partial charge in [0.2, 0.25) is 0 Å². The van der Waals surface area contributed by atoms with Gasteiger partial charge in [-0.3, -0.25) is 19.2 Å². The molecule has 6 aliphatic rings. The number of esters is 2. The van der Waals surface area contributed by atoms with Crippen molar-refractivity contribution in [3.05, 3.63) is 11.6 Å². The fourth-order valence-corrected chi connectivity index (χ4v) is 12.6. The zero-order valence-corrected chi connectivity index (χ0v) is 31.3. The molecule has 0 aromatic carbocycles. The van der Waals surface area contributed by atoms with Crippen LogP contribution in [-0.2, 0) is 42.9 Å². The monoisotopic (exact) mass is 800 g/mol. The van der Waals surface area contributed by atoms with E-state index >= 15 is 0 Å². The van der Waals surface area contributed by atoms with Crippen molar-refractivity contribution in [2.45, 2.75) is 150 Å². The Kier molecular flexibility index (Phi) is 10.8. The van der Waals surface area contributed by atoms with Crippen LogP contribution < -0.4 is 0 Å². The number of carbonyl (C=O) groups is 5. The van der Waals surface area contributed by atoms with Crippen molar-refractivity contribution in [1.29, 1.82) is 0 Å². The molecule has 5 fully saturated rings. The van der Waals surface area contributed by atoms with E-state index in [0.29, 0.717) is 5.57 Å². The van der Waals surface area contributed by atoms with Crippen LogP contribution in [0.2, 0.25) is 0 Å². The van der Waals surface area contributed by atoms with Crippen LogP contribution in [0.4, 0.5) is 0 Å². The van der Waals surface area contributed by atoms with E-state index in [4.69, 9.17) is 18.9 Å². The molecular weight excluding hydrogens is 748 g/mol. The third-order valence-corrected chi connectivity index (χ3v) is 14.2. The average Bonchev–Trinajstić information content (AvgIpc) is 3.59. The molecule has 0 spiro atoms. The number of carbonyl (C=O) groups excluding carboxylic acids is 2. The van der Waals surface area contributed by atoms with Crippen molar-refractivity contribution >= 4 is 29.8 Å². The van der Waals surface area contributed by atoms with Gasteiger partial charge in [-0.15, -0.1) is 0 Å². The van der Waals surface area contributed by atoms with Crippen LogP contribution in [-0.4, -0.2) is 153 Å². The second-order valence-corrected chi connectivity index (χ2v) is 17.3. The van der Waals surface area contributed by atoms with E-state index in [1.54, 1.807) is 6.92 Å². The largest absolute Gasteiger partial charge is 0.481 e. The molecule has 314 valence electrons. The molecule has 19 heteroatoms. The maximum absolute atomic E-state index is 13.0. The lowest BCUT2D eigenvalue weighted by Gasteiger charge is -2.74. The molecule has 0 aromatic rings. The molecular formula is C37H52O19. The topological polar surface area (TPSA) is 325 Å². The summed E-state index contributed by atoms with van der Waals surface area (Å²) in [6.07, 6.45) is -16.3. The Morgan fingerprint density at radius 2 is 1.61 bits per heavy atom. The minimum atomic E-state index is -2.93. The highest BCUT2D eigenvalue weighted by Gasteiger charge is 2.83. The number of aliphatic hydroxyl groups is 7. The SMILES string of the molecule is CC(=O)O[C@@H]1[C@@H](O)[C@@H](O)[C@H](O[C@H]2C[C@](O)(CC(=O)O)[C@]3(C(O)CC(=O)O)[C@@H]4[C@@H](CC[C@]3(O)C2)[C@@]2(O)CC[C@H](C3=CC(=O)OC3)[C@@]2(C)C[C@]4(O)CC(=O)O)O[C@H]1C. The van der Waals surface area contributed by atoms with Crippen molar-refractivity contribution in [2.24, 2.45) is 28.6 Å². The Morgan fingerprint density at radius 1 is 0.946 bits per heavy atom. The van der Waals surface area contributed by atoms with Gasteiger partial charge < -0.3 is 70.0 Å². The number of carboxylic acid groups (broad SMARTS) is 3. The van der Waals surface area contributed by atoms with Crippen LogP contribution >= 0.6 is 0 Å². The Balaban J connectivity index is 1.50. The number of hydrogen-bond acceptors (Lipinski definition) is 16. The van der Waals surface area contributed by atoms with Gasteiger partial charge in [0.05, 0.1) is 65.4 Å². The second-order valence-electron chi connectivity index (χ2n) is 17.3. The van der Waals surface area contributed by atoms with Crippen molar-refractivity contribution < 1.29 is 94.0 Å². The molecule has 2 heterocycles. The predicted octanol–water partition coefficient (Wildman–Crippen LogP) is -1.41. The number of carboxylic acids is 3. The number of aliphatic carboxylic acids is 3. The summed E-state index contributed by atoms with van der Waals surface area (Å²) in [4.78, 5) is 61.6. The molecule has 6 rings (SSSR count). The normalized spacial score (nSPS) is 47.7. The molecule has 16 atom stereocenters. The summed E-state index contributed by atoms with van der Waals surface area (Å²) in [6, 6.07) is 0. The van der Waals surface area contributed by atoms with Gasteiger partial charge in [0.15, 0.2) is 12.4 Å². The number of rotatable bonds is 11. The summed E-state index contributed by atoms with van der Waals surface area (Å²) in [5.41, 5.74) is -13.6. The molecule has 0 radical (unpaired) electrons. The number of fused-ring (bicyclic) bond motifs is 5. The van der Waals surface area contributed by atoms with Gasteiger partial charge in [0.25, 0.3) is 0 Å². The van der Waals surface area contributed by atoms with Crippen molar-refractivity contribution in [1.82, 2.24) is 0 Å². The summed E-state index contributed by atoms with van der Waals surface area (Å²) < 4.78 is 22.0. The highest BCUT2D eigenvalue weighted by molar-refractivity contribution is 5.85. The first-order chi connectivity index (χ1) is 25.9. The van der Waals surface area contributed by atoms with Crippen LogP contribution in [0.15, 0.2) is 11.6 Å². The van der Waals surface area contributed by atoms with E-state index in [9.17, 15) is 75.0 Å². The van der Waals surface area contributed by atoms with E-state index in [1.807, 2.05) is 0 Å². The molecule has 56 heavy (non-hydrogen) atoms. The maximum atomic E-state index is 13.0. The van der Waals surface area contributed by atoms with E-state index < -0.39 is 169 Å². The second kappa shape index (κ2) is 14.2. The number of hydrogen-bond donors (Lipinski definition) is 10. The summed E-state index contributed by atoms with van der Waals surface area (Å²) in [5, 5.41) is 117. The minimum Gasteiger partial charge on any atom is -0.481 e. The number of aliphatic hydroxyl groups excluding tert-OH is 3. The molecule has 4 saturated carbocycles. The molecule has 0 bridgehead atoms. The first-order valence-electron chi connectivity index (χ1n) is 18.8. The summed E-state index contributed by atoms with van der Waals surface area (Å²) in [5.74, 6) is -10.1. The smallest absolute Gasteiger partial charge is 0.331 e. The quantitative estimate of drug-likeness (QED) is 0.0847. The lowest BCUT2D eigenvalue weighted by Crippen LogP contribution is -2.83. The van der Waals surface area contributed by atoms with Crippen LogP contribution in [0, 0.1) is 28.6 Å². The van der Waals surface area contributed by atoms with Gasteiger partial charge in [0, 0.05) is 37.2 Å². The van der Waals surface area contributed by atoms with Crippen molar-refractivity contribution in [2.75, 3.05) is 6.61 Å². The average molecular weight is 801 g/mol. The fraction of sp³-hybridized carbons (Fsp3) is 0.811. The van der Waals surface area contributed by atoms with E-state index in [1.165, 1.54) is 13.0 Å². The van der Waals surface area contributed by atoms with Gasteiger partial charge in [-0.05, 0) is 56.4 Å². The first-order valence-corrected chi connectivity index (χ1v) is 18.8. The maximum Gasteiger partial charge on any atom is 0.331 e. The predicted molar refractivity (Wildman–Crippen MR) is 182 cm³/mol. The highest BCUT2D eigenvalue weighted by Crippen LogP contribution is 2.76. The van der Waals surface area contributed by atoms with Crippen LogP contribution in [0.25, 0.3) is 0 Å². The van der Waals surface area contributed by atoms with Crippen LogP contribution in [0.5, 0.6) is 0 Å². The molecule has 4 aliphatic carbocycles. The minimum absolute atomic E-state index is 0.00238. The molecule has 19 nitrogen and oxygen atoms in total. The molecule has 1 saturated heterocycles. The molecule has 2 aliphatic heterocycles. The van der Waals surface area contributed by atoms with Gasteiger partial charge in [-0.1, -0.05) is 6.92 Å². The number of cyclic esters (lactones) is 1. The fourth-order valence-electron chi connectivity index (χ4n) is 12.6. The third-order valence-electron chi connectivity index (χ3n) is 14.2. The van der Waals surface area contributed by atoms with Crippen LogP contribution in [0.1, 0.15) is 85.0 Å². The Morgan fingerprint density at radius 3 is 2.18 bits per heavy atom. The molecule has 0 aromatic heterocycles. The highest BCUT2D eigenvalue weighted by atomic mass is 16.7. The van der Waals surface area contributed by atoms with E-state index in [2.05, 4.69) is 0 Å². The third kappa shape index (κ3) is 6.33. The Hall–Kier alpha value is -3.27. The standard InChI is InChI=1S/C37H52O19/c1-16-29(55-17(2)38)27(47)28(48)31(54-16)56-19-10-34(50)6-4-21-30(37(34,22(39)9-23(40)41)35(51,11-19)13-25(44)45)33(49,12-24(42)43)15-32(3)20(5-7-36(21,32)52)18-8-26(46)53-14-18/h8,16,19-22,27-31,39,47-52H,4-7,9-15H2,1-3H3,(H,40,41)(H,42,43)(H,44,45)/t16-,19+,20+,21+,22?,27-,28+,29-,30+,31-,32+,33+,34-,35-,36-,37+/m0/s1. The molecule has 10 N–H and O–H groups in total. The zero-order chi connectivity index (χ0) is 41.6. The summed E-state index contributed by atoms with van der Waals surface area (Å²) >= 11 is 0. The van der Waals surface area contributed by atoms with Crippen LogP contribution in [0.3, 0.4) is 0 Å². The molecule has 0 amide bonds. The summed E-state index contributed by atoms with van der Waals surface area (Å²) in [7, 11) is 0. The number of ether oxygens (including phenoxy) is 4. The van der Waals surface area contributed by atoms with Crippen molar-refractivity contribution in [3.63, 3.8) is 0 Å². The van der Waals surface area contributed by atoms with Crippen molar-refractivity contribution in [3.8, 4) is 0 Å². The molecule has 1 unspecified atom stereocenters. The van der Waals surface area contributed by atoms with Gasteiger partial charge >= 0.3 is 29.8 Å². The Labute approximate surface area is 320 Å². The first kappa shape index (κ1) is 42.3. The zero-order valence-electron chi connectivity index (χ0n) is 31.3. The van der Waals surface area contributed by atoms with Gasteiger partial charge in [-0.2, -0.15) is 0 Å². The summed E-state index contributed by atoms with van der Waals surface area (Å²) in [6.45, 7) is 4.01. The van der Waals surface area contributed by atoms with E-state index in [-0.39, 0.29) is 25.9 Å². The lowest BCUT2D eigenvalue weighted by molar-refractivity contribution is -0.386. The lowest BCUT2D eigenvalue weighted by atomic mass is 9.33. The van der Waals surface area contributed by atoms with Gasteiger partial charge in [0.1, 0.15) is 18.8 Å². The van der Waals surface area contributed by atoms with Gasteiger partial charge in [-0.25, -0.2) is 4.79 Å². The Bertz CT molecular complexity index is 1670. The van der Waals surface area contributed by atoms with E-state index in [0.717, 1.165) is 6.92 Å².